The van der Waals surface area contributed by atoms with Crippen molar-refractivity contribution in [1.82, 2.24) is 15.6 Å². The molecule has 1 unspecified atom stereocenters. The third-order valence-electron chi connectivity index (χ3n) is 2.54. The molecule has 1 rings (SSSR count). The molecule has 0 fully saturated rings. The molecule has 2 N–H and O–H groups in total. The van der Waals surface area contributed by atoms with Crippen molar-refractivity contribution in [3.63, 3.8) is 0 Å². The summed E-state index contributed by atoms with van der Waals surface area (Å²) < 4.78 is 0. The van der Waals surface area contributed by atoms with Gasteiger partial charge in [-0.05, 0) is 31.5 Å². The van der Waals surface area contributed by atoms with Crippen molar-refractivity contribution in [3.05, 3.63) is 30.1 Å². The zero-order valence-electron chi connectivity index (χ0n) is 10.7. The lowest BCUT2D eigenvalue weighted by atomic mass is 10.0. The van der Waals surface area contributed by atoms with Gasteiger partial charge in [0.05, 0.1) is 18.3 Å². The van der Waals surface area contributed by atoms with E-state index in [1.807, 2.05) is 25.2 Å². The lowest BCUT2D eigenvalue weighted by molar-refractivity contribution is -0.123. The number of pyridine rings is 1. The minimum absolute atomic E-state index is 0.0341. The van der Waals surface area contributed by atoms with E-state index in [-0.39, 0.29) is 11.9 Å². The molecule has 1 heterocycles. The minimum atomic E-state index is -0.126. The fourth-order valence-corrected chi connectivity index (χ4v) is 1.63. The molecule has 0 spiro atoms. The largest absolute Gasteiger partial charge is 0.349 e. The van der Waals surface area contributed by atoms with Crippen LogP contribution in [0.4, 0.5) is 0 Å². The SMILES string of the molecule is CNC(CC(C)C)C(=O)NCc1ccccn1. The number of rotatable bonds is 6. The zero-order valence-corrected chi connectivity index (χ0v) is 10.7. The van der Waals surface area contributed by atoms with Crippen molar-refractivity contribution < 1.29 is 4.79 Å². The van der Waals surface area contributed by atoms with Crippen molar-refractivity contribution in [2.75, 3.05) is 7.05 Å². The molecule has 0 aliphatic heterocycles. The van der Waals surface area contributed by atoms with Crippen molar-refractivity contribution in [2.24, 2.45) is 5.92 Å². The predicted octanol–water partition coefficient (Wildman–Crippen LogP) is 1.33. The van der Waals surface area contributed by atoms with E-state index in [0.717, 1.165) is 12.1 Å². The van der Waals surface area contributed by atoms with Gasteiger partial charge in [0, 0.05) is 6.20 Å². The molecule has 1 aromatic heterocycles. The van der Waals surface area contributed by atoms with Crippen LogP contribution in [0.15, 0.2) is 24.4 Å². The van der Waals surface area contributed by atoms with E-state index in [1.54, 1.807) is 6.20 Å². The Morgan fingerprint density at radius 3 is 2.71 bits per heavy atom. The standard InChI is InChI=1S/C13H21N3O/c1-10(2)8-12(14-3)13(17)16-9-11-6-4-5-7-15-11/h4-7,10,12,14H,8-9H2,1-3H3,(H,16,17). The van der Waals surface area contributed by atoms with Crippen LogP contribution in [0, 0.1) is 5.92 Å². The summed E-state index contributed by atoms with van der Waals surface area (Å²) in [6, 6.07) is 5.55. The van der Waals surface area contributed by atoms with Crippen LogP contribution in [-0.4, -0.2) is 24.0 Å². The highest BCUT2D eigenvalue weighted by Gasteiger charge is 2.17. The fraction of sp³-hybridized carbons (Fsp3) is 0.538. The van der Waals surface area contributed by atoms with Crippen LogP contribution in [0.5, 0.6) is 0 Å². The quantitative estimate of drug-likeness (QED) is 0.782. The molecule has 94 valence electrons. The van der Waals surface area contributed by atoms with Crippen LogP contribution >= 0.6 is 0 Å². The number of likely N-dealkylation sites (N-methyl/N-ethyl adjacent to an activating group) is 1. The predicted molar refractivity (Wildman–Crippen MR) is 68.4 cm³/mol. The molecule has 0 aromatic carbocycles. The maximum atomic E-state index is 11.9. The Morgan fingerprint density at radius 1 is 1.41 bits per heavy atom. The number of amides is 1. The lowest BCUT2D eigenvalue weighted by Crippen LogP contribution is -2.43. The Hall–Kier alpha value is -1.42. The van der Waals surface area contributed by atoms with E-state index < -0.39 is 0 Å². The van der Waals surface area contributed by atoms with Crippen molar-refractivity contribution in [2.45, 2.75) is 32.9 Å². The summed E-state index contributed by atoms with van der Waals surface area (Å²) in [6.45, 7) is 4.70. The molecule has 1 aromatic rings. The summed E-state index contributed by atoms with van der Waals surface area (Å²) >= 11 is 0. The van der Waals surface area contributed by atoms with Gasteiger partial charge >= 0.3 is 0 Å². The Labute approximate surface area is 103 Å². The monoisotopic (exact) mass is 235 g/mol. The number of hydrogen-bond acceptors (Lipinski definition) is 3. The number of hydrogen-bond donors (Lipinski definition) is 2. The Morgan fingerprint density at radius 2 is 2.18 bits per heavy atom. The molecule has 0 saturated carbocycles. The summed E-state index contributed by atoms with van der Waals surface area (Å²) in [5.74, 6) is 0.528. The van der Waals surface area contributed by atoms with Gasteiger partial charge in [-0.3, -0.25) is 9.78 Å². The second kappa shape index (κ2) is 7.01. The molecule has 0 saturated heterocycles. The number of nitrogens with zero attached hydrogens (tertiary/aromatic N) is 1. The minimum Gasteiger partial charge on any atom is -0.349 e. The highest BCUT2D eigenvalue weighted by Crippen LogP contribution is 2.04. The van der Waals surface area contributed by atoms with Gasteiger partial charge in [0.2, 0.25) is 5.91 Å². The molecule has 4 nitrogen and oxygen atoms in total. The lowest BCUT2D eigenvalue weighted by Gasteiger charge is -2.17. The van der Waals surface area contributed by atoms with E-state index in [4.69, 9.17) is 0 Å². The maximum absolute atomic E-state index is 11.9. The maximum Gasteiger partial charge on any atom is 0.237 e. The van der Waals surface area contributed by atoms with E-state index in [2.05, 4.69) is 29.5 Å². The third kappa shape index (κ3) is 4.95. The van der Waals surface area contributed by atoms with Crippen molar-refractivity contribution in [1.29, 1.82) is 0 Å². The molecule has 0 radical (unpaired) electrons. The van der Waals surface area contributed by atoms with E-state index >= 15 is 0 Å². The second-order valence-electron chi connectivity index (χ2n) is 4.51. The first-order valence-corrected chi connectivity index (χ1v) is 5.98. The van der Waals surface area contributed by atoms with E-state index in [0.29, 0.717) is 12.5 Å². The van der Waals surface area contributed by atoms with Crippen LogP contribution in [0.25, 0.3) is 0 Å². The molecule has 0 aliphatic rings. The molecule has 0 aliphatic carbocycles. The Bertz CT molecular complexity index is 338. The van der Waals surface area contributed by atoms with Crippen LogP contribution in [-0.2, 0) is 11.3 Å². The topological polar surface area (TPSA) is 54.0 Å². The van der Waals surface area contributed by atoms with Gasteiger partial charge in [-0.25, -0.2) is 0 Å². The molecular formula is C13H21N3O. The molecular weight excluding hydrogens is 214 g/mol. The Kier molecular flexibility index (Phi) is 5.63. The molecule has 4 heteroatoms. The molecule has 17 heavy (non-hydrogen) atoms. The van der Waals surface area contributed by atoms with Gasteiger partial charge in [-0.2, -0.15) is 0 Å². The number of carbonyl (C=O) groups is 1. The van der Waals surface area contributed by atoms with E-state index in [9.17, 15) is 4.79 Å². The first kappa shape index (κ1) is 13.6. The number of nitrogens with one attached hydrogen (secondary N) is 2. The fourth-order valence-electron chi connectivity index (χ4n) is 1.63. The highest BCUT2D eigenvalue weighted by atomic mass is 16.2. The summed E-state index contributed by atoms with van der Waals surface area (Å²) in [4.78, 5) is 16.0. The van der Waals surface area contributed by atoms with Crippen LogP contribution in [0.3, 0.4) is 0 Å². The normalized spacial score (nSPS) is 12.5. The first-order chi connectivity index (χ1) is 8.13. The molecule has 0 bridgehead atoms. The number of carbonyl (C=O) groups excluding carboxylic acids is 1. The Balaban J connectivity index is 2.42. The van der Waals surface area contributed by atoms with E-state index in [1.165, 1.54) is 0 Å². The zero-order chi connectivity index (χ0) is 12.7. The van der Waals surface area contributed by atoms with Gasteiger partial charge in [0.25, 0.3) is 0 Å². The smallest absolute Gasteiger partial charge is 0.237 e. The van der Waals surface area contributed by atoms with Crippen LogP contribution in [0.1, 0.15) is 26.0 Å². The molecule has 1 amide bonds. The van der Waals surface area contributed by atoms with Crippen molar-refractivity contribution >= 4 is 5.91 Å². The van der Waals surface area contributed by atoms with Gasteiger partial charge in [0.1, 0.15) is 0 Å². The van der Waals surface area contributed by atoms with Gasteiger partial charge < -0.3 is 10.6 Å². The van der Waals surface area contributed by atoms with Gasteiger partial charge in [-0.1, -0.05) is 19.9 Å². The average Bonchev–Trinajstić information content (AvgIpc) is 2.34. The van der Waals surface area contributed by atoms with Gasteiger partial charge in [0.15, 0.2) is 0 Å². The summed E-state index contributed by atoms with van der Waals surface area (Å²) in [6.07, 6.45) is 2.57. The summed E-state index contributed by atoms with van der Waals surface area (Å²) in [5.41, 5.74) is 0.875. The number of aromatic nitrogens is 1. The highest BCUT2D eigenvalue weighted by molar-refractivity contribution is 5.81. The van der Waals surface area contributed by atoms with Gasteiger partial charge in [-0.15, -0.1) is 0 Å². The average molecular weight is 235 g/mol. The van der Waals surface area contributed by atoms with Crippen LogP contribution in [0.2, 0.25) is 0 Å². The second-order valence-corrected chi connectivity index (χ2v) is 4.51. The van der Waals surface area contributed by atoms with Crippen LogP contribution < -0.4 is 10.6 Å². The third-order valence-corrected chi connectivity index (χ3v) is 2.54. The summed E-state index contributed by atoms with van der Waals surface area (Å²) in [5, 5.41) is 5.93. The molecule has 1 atom stereocenters. The summed E-state index contributed by atoms with van der Waals surface area (Å²) in [7, 11) is 1.81. The van der Waals surface area contributed by atoms with Crippen molar-refractivity contribution in [3.8, 4) is 0 Å². The first-order valence-electron chi connectivity index (χ1n) is 5.98.